The van der Waals surface area contributed by atoms with Gasteiger partial charge in [-0.3, -0.25) is 4.79 Å². The summed E-state index contributed by atoms with van der Waals surface area (Å²) >= 11 is 0. The fourth-order valence-electron chi connectivity index (χ4n) is 2.01. The van der Waals surface area contributed by atoms with E-state index in [-0.39, 0.29) is 11.4 Å². The van der Waals surface area contributed by atoms with Crippen molar-refractivity contribution in [2.75, 3.05) is 6.54 Å². The van der Waals surface area contributed by atoms with Crippen LogP contribution in [-0.2, 0) is 6.54 Å². The van der Waals surface area contributed by atoms with E-state index in [0.29, 0.717) is 18.1 Å². The fourth-order valence-corrected chi connectivity index (χ4v) is 2.01. The zero-order valence-electron chi connectivity index (χ0n) is 11.7. The van der Waals surface area contributed by atoms with Crippen LogP contribution >= 0.6 is 0 Å². The van der Waals surface area contributed by atoms with Gasteiger partial charge in [0.25, 0.3) is 5.56 Å². The lowest BCUT2D eigenvalue weighted by molar-refractivity contribution is 0.626. The Morgan fingerprint density at radius 3 is 2.85 bits per heavy atom. The first-order valence-electron chi connectivity index (χ1n) is 6.67. The minimum atomic E-state index is -0.297. The average molecular weight is 275 g/mol. The van der Waals surface area contributed by atoms with E-state index in [4.69, 9.17) is 0 Å². The monoisotopic (exact) mass is 275 g/mol. The quantitative estimate of drug-likeness (QED) is 0.824. The number of benzene rings is 1. The van der Waals surface area contributed by atoms with Gasteiger partial charge in [-0.05, 0) is 43.7 Å². The minimum absolute atomic E-state index is 0.202. The van der Waals surface area contributed by atoms with Gasteiger partial charge < -0.3 is 10.3 Å². The zero-order valence-corrected chi connectivity index (χ0v) is 11.7. The van der Waals surface area contributed by atoms with Crippen LogP contribution in [0.1, 0.15) is 24.6 Å². The number of nitrogens with one attached hydrogen (secondary N) is 2. The van der Waals surface area contributed by atoms with Gasteiger partial charge >= 0.3 is 0 Å². The smallest absolute Gasteiger partial charge is 0.251 e. The highest BCUT2D eigenvalue weighted by molar-refractivity contribution is 5.59. The molecule has 2 rings (SSSR count). The number of aromatic amines is 1. The van der Waals surface area contributed by atoms with Crippen molar-refractivity contribution in [2.24, 2.45) is 0 Å². The Morgan fingerprint density at radius 1 is 1.35 bits per heavy atom. The number of hydrogen-bond donors (Lipinski definition) is 2. The van der Waals surface area contributed by atoms with E-state index < -0.39 is 0 Å². The Balaban J connectivity index is 2.34. The van der Waals surface area contributed by atoms with E-state index >= 15 is 0 Å². The van der Waals surface area contributed by atoms with Gasteiger partial charge in [0.05, 0.1) is 5.69 Å². The largest absolute Gasteiger partial charge is 0.311 e. The third-order valence-corrected chi connectivity index (χ3v) is 2.97. The number of H-pyrrole nitrogens is 1. The molecule has 2 N–H and O–H groups in total. The van der Waals surface area contributed by atoms with Gasteiger partial charge in [0.1, 0.15) is 11.6 Å². The second kappa shape index (κ2) is 6.43. The van der Waals surface area contributed by atoms with Crippen LogP contribution in [0.4, 0.5) is 4.39 Å². The molecule has 1 heterocycles. The number of hydrogen-bond acceptors (Lipinski definition) is 3. The van der Waals surface area contributed by atoms with E-state index in [9.17, 15) is 9.18 Å². The third kappa shape index (κ3) is 3.51. The maximum Gasteiger partial charge on any atom is 0.251 e. The summed E-state index contributed by atoms with van der Waals surface area (Å²) in [6.07, 6.45) is 1.02. The van der Waals surface area contributed by atoms with Crippen molar-refractivity contribution in [3.63, 3.8) is 0 Å². The first-order valence-corrected chi connectivity index (χ1v) is 6.67. The highest BCUT2D eigenvalue weighted by atomic mass is 19.1. The lowest BCUT2D eigenvalue weighted by atomic mass is 10.1. The van der Waals surface area contributed by atoms with Crippen molar-refractivity contribution >= 4 is 0 Å². The molecule has 0 saturated carbocycles. The molecule has 2 aromatic rings. The highest BCUT2D eigenvalue weighted by Gasteiger charge is 2.07. The van der Waals surface area contributed by atoms with Crippen LogP contribution in [0, 0.1) is 12.7 Å². The molecule has 0 fully saturated rings. The molecule has 106 valence electrons. The van der Waals surface area contributed by atoms with E-state index in [1.807, 2.05) is 0 Å². The topological polar surface area (TPSA) is 57.8 Å². The van der Waals surface area contributed by atoms with Crippen molar-refractivity contribution in [3.05, 3.63) is 51.7 Å². The summed E-state index contributed by atoms with van der Waals surface area (Å²) in [6, 6.07) is 5.90. The molecule has 0 radical (unpaired) electrons. The molecule has 0 aliphatic rings. The molecule has 0 bridgehead atoms. The summed E-state index contributed by atoms with van der Waals surface area (Å²) in [7, 11) is 0. The maximum absolute atomic E-state index is 13.1. The summed E-state index contributed by atoms with van der Waals surface area (Å²) < 4.78 is 13.1. The van der Waals surface area contributed by atoms with Crippen molar-refractivity contribution in [2.45, 2.75) is 26.8 Å². The van der Waals surface area contributed by atoms with Crippen LogP contribution in [-0.4, -0.2) is 16.5 Å². The summed E-state index contributed by atoms with van der Waals surface area (Å²) in [5.74, 6) is 0.178. The van der Waals surface area contributed by atoms with E-state index in [1.54, 1.807) is 13.0 Å². The Bertz CT molecular complexity index is 652. The highest BCUT2D eigenvalue weighted by Crippen LogP contribution is 2.19. The number of halogens is 1. The second-order valence-electron chi connectivity index (χ2n) is 4.72. The van der Waals surface area contributed by atoms with Crippen molar-refractivity contribution in [3.8, 4) is 11.4 Å². The van der Waals surface area contributed by atoms with Crippen molar-refractivity contribution < 1.29 is 4.39 Å². The molecule has 4 nitrogen and oxygen atoms in total. The molecule has 0 amide bonds. The van der Waals surface area contributed by atoms with Crippen LogP contribution < -0.4 is 10.9 Å². The summed E-state index contributed by atoms with van der Waals surface area (Å²) in [4.78, 5) is 18.8. The molecule has 0 aliphatic heterocycles. The van der Waals surface area contributed by atoms with Gasteiger partial charge in [-0.2, -0.15) is 0 Å². The van der Waals surface area contributed by atoms with Crippen molar-refractivity contribution in [1.82, 2.24) is 15.3 Å². The SMILES string of the molecule is CCCNCc1cc(=O)[nH]c(-c2ccc(F)cc2C)n1. The predicted octanol–water partition coefficient (Wildman–Crippen LogP) is 2.38. The lowest BCUT2D eigenvalue weighted by Crippen LogP contribution is -2.18. The molecule has 20 heavy (non-hydrogen) atoms. The zero-order chi connectivity index (χ0) is 14.5. The Morgan fingerprint density at radius 2 is 2.15 bits per heavy atom. The molecule has 0 atom stereocenters. The van der Waals surface area contributed by atoms with E-state index in [2.05, 4.69) is 22.2 Å². The van der Waals surface area contributed by atoms with Crippen LogP contribution in [0.2, 0.25) is 0 Å². The summed E-state index contributed by atoms with van der Waals surface area (Å²) in [5.41, 5.74) is 1.96. The van der Waals surface area contributed by atoms with Crippen LogP contribution in [0.3, 0.4) is 0 Å². The number of rotatable bonds is 5. The molecule has 0 unspecified atom stereocenters. The first-order chi connectivity index (χ1) is 9.60. The molecule has 5 heteroatoms. The van der Waals surface area contributed by atoms with E-state index in [1.165, 1.54) is 18.2 Å². The standard InChI is InChI=1S/C15H18FN3O/c1-3-6-17-9-12-8-14(20)19-15(18-12)13-5-4-11(16)7-10(13)2/h4-5,7-8,17H,3,6,9H2,1-2H3,(H,18,19,20). The predicted molar refractivity (Wildman–Crippen MR) is 77.0 cm³/mol. The number of aryl methyl sites for hydroxylation is 1. The third-order valence-electron chi connectivity index (χ3n) is 2.97. The number of nitrogens with zero attached hydrogens (tertiary/aromatic N) is 1. The molecular weight excluding hydrogens is 257 g/mol. The fraction of sp³-hybridized carbons (Fsp3) is 0.333. The Hall–Kier alpha value is -2.01. The minimum Gasteiger partial charge on any atom is -0.311 e. The molecular formula is C15H18FN3O. The summed E-state index contributed by atoms with van der Waals surface area (Å²) in [5, 5.41) is 3.21. The molecule has 0 saturated heterocycles. The Labute approximate surface area is 117 Å². The molecule has 0 spiro atoms. The van der Waals surface area contributed by atoms with Gasteiger partial charge in [0.15, 0.2) is 0 Å². The van der Waals surface area contributed by atoms with Gasteiger partial charge in [-0.15, -0.1) is 0 Å². The van der Waals surface area contributed by atoms with Crippen LogP contribution in [0.15, 0.2) is 29.1 Å². The van der Waals surface area contributed by atoms with Gasteiger partial charge in [0.2, 0.25) is 0 Å². The van der Waals surface area contributed by atoms with Crippen molar-refractivity contribution in [1.29, 1.82) is 0 Å². The summed E-state index contributed by atoms with van der Waals surface area (Å²) in [6.45, 7) is 5.29. The first kappa shape index (κ1) is 14.4. The second-order valence-corrected chi connectivity index (χ2v) is 4.72. The van der Waals surface area contributed by atoms with E-state index in [0.717, 1.165) is 24.1 Å². The maximum atomic E-state index is 13.1. The lowest BCUT2D eigenvalue weighted by Gasteiger charge is -2.08. The van der Waals surface area contributed by atoms with Gasteiger partial charge in [-0.25, -0.2) is 9.37 Å². The molecule has 0 aliphatic carbocycles. The molecule has 1 aromatic heterocycles. The average Bonchev–Trinajstić information content (AvgIpc) is 2.38. The van der Waals surface area contributed by atoms with Gasteiger partial charge in [0, 0.05) is 18.2 Å². The van der Waals surface area contributed by atoms with Crippen LogP contribution in [0.5, 0.6) is 0 Å². The normalized spacial score (nSPS) is 10.8. The number of aromatic nitrogens is 2. The Kier molecular flexibility index (Phi) is 4.63. The van der Waals surface area contributed by atoms with Crippen LogP contribution in [0.25, 0.3) is 11.4 Å². The van der Waals surface area contributed by atoms with Gasteiger partial charge in [-0.1, -0.05) is 6.92 Å². The molecule has 1 aromatic carbocycles.